The summed E-state index contributed by atoms with van der Waals surface area (Å²) >= 11 is 0. The fourth-order valence-corrected chi connectivity index (χ4v) is 15.3. The highest BCUT2D eigenvalue weighted by Crippen LogP contribution is 2.50. The molecule has 12 aromatic carbocycles. The van der Waals surface area contributed by atoms with Crippen LogP contribution in [0.25, 0.3) is 165 Å². The van der Waals surface area contributed by atoms with Crippen molar-refractivity contribution in [2.75, 3.05) is 0 Å². The van der Waals surface area contributed by atoms with Gasteiger partial charge in [-0.25, -0.2) is 4.98 Å². The predicted octanol–water partition coefficient (Wildman–Crippen LogP) is 21.6. The van der Waals surface area contributed by atoms with E-state index in [1.165, 1.54) is 24.3 Å². The molecule has 7 heterocycles. The molecule has 0 aliphatic carbocycles. The lowest BCUT2D eigenvalue weighted by Crippen LogP contribution is -2.17. The Morgan fingerprint density at radius 3 is 0.957 bits per heavy atom. The van der Waals surface area contributed by atoms with E-state index in [2.05, 4.69) is 103 Å². The van der Waals surface area contributed by atoms with Gasteiger partial charge >= 0.3 is 12.4 Å². The van der Waals surface area contributed by atoms with E-state index in [1.807, 2.05) is 137 Å². The van der Waals surface area contributed by atoms with Crippen LogP contribution in [-0.4, -0.2) is 32.4 Å². The first-order chi connectivity index (χ1) is 45.9. The van der Waals surface area contributed by atoms with Crippen molar-refractivity contribution >= 4 is 131 Å². The molecule has 0 amide bonds. The van der Waals surface area contributed by atoms with E-state index in [4.69, 9.17) is 4.98 Å². The zero-order valence-corrected chi connectivity index (χ0v) is 49.2. The molecule has 0 aliphatic rings. The summed E-state index contributed by atoms with van der Waals surface area (Å²) in [5, 5.41) is 21.8. The van der Waals surface area contributed by atoms with E-state index < -0.39 is 23.5 Å². The first-order valence-electron chi connectivity index (χ1n) is 30.7. The van der Waals surface area contributed by atoms with Gasteiger partial charge in [-0.1, -0.05) is 170 Å². The number of pyridine rings is 1. The number of aromatic nitrogens is 7. The van der Waals surface area contributed by atoms with Gasteiger partial charge in [-0.2, -0.15) is 31.6 Å². The Morgan fingerprint density at radius 2 is 0.553 bits per heavy atom. The molecule has 0 unspecified atom stereocenters. The predicted molar refractivity (Wildman–Crippen MR) is 365 cm³/mol. The average Bonchev–Trinajstić information content (AvgIpc) is 1.51. The minimum absolute atomic E-state index is 0.0594. The zero-order valence-electron chi connectivity index (χ0n) is 49.2. The van der Waals surface area contributed by atoms with Crippen LogP contribution in [0.2, 0.25) is 0 Å². The molecule has 19 aromatic rings. The van der Waals surface area contributed by atoms with Gasteiger partial charge in [0.2, 0.25) is 0 Å². The topological polar surface area (TPSA) is 66.3 Å². The lowest BCUT2D eigenvalue weighted by Gasteiger charge is -2.24. The number of benzene rings is 12. The highest BCUT2D eigenvalue weighted by molar-refractivity contribution is 6.26. The molecule has 0 bridgehead atoms. The minimum Gasteiger partial charge on any atom is -0.307 e. The van der Waals surface area contributed by atoms with Crippen LogP contribution in [-0.2, 0) is 12.4 Å². The van der Waals surface area contributed by atoms with Gasteiger partial charge in [0.15, 0.2) is 11.6 Å². The third-order valence-electron chi connectivity index (χ3n) is 19.1. The molecule has 19 rings (SSSR count). The lowest BCUT2D eigenvalue weighted by atomic mass is 10.1. The van der Waals surface area contributed by atoms with Crippen molar-refractivity contribution < 1.29 is 26.3 Å². The number of alkyl halides is 6. The molecule has 8 nitrogen and oxygen atoms in total. The molecule has 94 heavy (non-hydrogen) atoms. The number of nitrogens with zero attached hydrogens (tertiary/aromatic N) is 8. The Balaban J connectivity index is 1.11. The van der Waals surface area contributed by atoms with Crippen molar-refractivity contribution in [1.29, 1.82) is 5.26 Å². The third-order valence-corrected chi connectivity index (χ3v) is 19.1. The summed E-state index contributed by atoms with van der Waals surface area (Å²) in [6.45, 7) is 0. The quantitative estimate of drug-likeness (QED) is 0.156. The second-order valence-corrected chi connectivity index (χ2v) is 23.9. The number of halogens is 6. The fourth-order valence-electron chi connectivity index (χ4n) is 15.3. The van der Waals surface area contributed by atoms with Gasteiger partial charge in [0.05, 0.1) is 77.3 Å². The van der Waals surface area contributed by atoms with E-state index in [-0.39, 0.29) is 34.0 Å². The van der Waals surface area contributed by atoms with Crippen molar-refractivity contribution in [1.82, 2.24) is 32.4 Å². The second-order valence-electron chi connectivity index (χ2n) is 23.9. The normalized spacial score (nSPS) is 12.6. The number of rotatable bonds is 6. The van der Waals surface area contributed by atoms with Crippen LogP contribution in [0.3, 0.4) is 0 Å². The summed E-state index contributed by atoms with van der Waals surface area (Å²) in [5.74, 6) is 0.397. The molecular formula is C80H44F6N8. The molecule has 14 heteroatoms. The van der Waals surface area contributed by atoms with Gasteiger partial charge in [0.1, 0.15) is 23.0 Å². The molecule has 0 fully saturated rings. The van der Waals surface area contributed by atoms with Gasteiger partial charge in [-0.3, -0.25) is 9.13 Å². The van der Waals surface area contributed by atoms with Crippen LogP contribution in [0.1, 0.15) is 16.7 Å². The van der Waals surface area contributed by atoms with E-state index in [0.29, 0.717) is 60.3 Å². The van der Waals surface area contributed by atoms with Crippen LogP contribution in [0, 0.1) is 11.3 Å². The smallest absolute Gasteiger partial charge is 0.307 e. The number of nitriles is 1. The maximum atomic E-state index is 15.2. The maximum absolute atomic E-state index is 15.2. The van der Waals surface area contributed by atoms with Crippen molar-refractivity contribution in [2.45, 2.75) is 12.4 Å². The molecular weight excluding hydrogens is 1190 g/mol. The van der Waals surface area contributed by atoms with Crippen molar-refractivity contribution in [3.8, 4) is 40.5 Å². The zero-order chi connectivity index (χ0) is 63.0. The summed E-state index contributed by atoms with van der Waals surface area (Å²) in [7, 11) is 0. The molecule has 0 saturated carbocycles. The van der Waals surface area contributed by atoms with Gasteiger partial charge in [-0.05, 0) is 97.1 Å². The molecule has 0 spiro atoms. The molecule has 0 saturated heterocycles. The summed E-state index contributed by atoms with van der Waals surface area (Å²) in [6.07, 6.45) is -9.42. The van der Waals surface area contributed by atoms with E-state index >= 15 is 26.3 Å². The van der Waals surface area contributed by atoms with Crippen molar-refractivity contribution in [3.05, 3.63) is 284 Å². The molecule has 0 radical (unpaired) electrons. The molecule has 7 aromatic heterocycles. The fraction of sp³-hybridized carbons (Fsp3) is 0.0250. The average molecular weight is 1230 g/mol. The van der Waals surface area contributed by atoms with Crippen LogP contribution in [0.4, 0.5) is 26.3 Å². The van der Waals surface area contributed by atoms with Crippen LogP contribution >= 0.6 is 0 Å². The lowest BCUT2D eigenvalue weighted by molar-refractivity contribution is -0.138. The Morgan fingerprint density at radius 1 is 0.266 bits per heavy atom. The van der Waals surface area contributed by atoms with Gasteiger partial charge in [0, 0.05) is 76.0 Å². The summed E-state index contributed by atoms with van der Waals surface area (Å²) < 4.78 is 104. The molecule has 0 N–H and O–H groups in total. The summed E-state index contributed by atoms with van der Waals surface area (Å²) in [5.41, 5.74) is 8.55. The Labute approximate surface area is 528 Å². The molecule has 446 valence electrons. The maximum Gasteiger partial charge on any atom is 0.416 e. The van der Waals surface area contributed by atoms with Crippen LogP contribution < -0.4 is 0 Å². The highest BCUT2D eigenvalue weighted by Gasteiger charge is 2.37. The van der Waals surface area contributed by atoms with E-state index in [0.717, 1.165) is 88.7 Å². The van der Waals surface area contributed by atoms with Crippen LogP contribution in [0.15, 0.2) is 267 Å². The van der Waals surface area contributed by atoms with Crippen molar-refractivity contribution in [2.24, 2.45) is 0 Å². The monoisotopic (exact) mass is 1230 g/mol. The minimum atomic E-state index is -4.71. The van der Waals surface area contributed by atoms with Crippen molar-refractivity contribution in [3.63, 3.8) is 0 Å². The van der Waals surface area contributed by atoms with Gasteiger partial charge in [0.25, 0.3) is 0 Å². The second kappa shape index (κ2) is 19.3. The Bertz CT molecular complexity index is 6530. The highest BCUT2D eigenvalue weighted by atomic mass is 19.4. The summed E-state index contributed by atoms with van der Waals surface area (Å²) in [6, 6.07) is 85.8. The number of fused-ring (bicyclic) bond motifs is 20. The summed E-state index contributed by atoms with van der Waals surface area (Å²) in [4.78, 5) is 6.22. The molecule has 0 atom stereocenters. The first kappa shape index (κ1) is 53.5. The molecule has 0 aliphatic heterocycles. The number of para-hydroxylation sites is 8. The largest absolute Gasteiger partial charge is 0.416 e. The van der Waals surface area contributed by atoms with E-state index in [9.17, 15) is 5.26 Å². The van der Waals surface area contributed by atoms with Gasteiger partial charge < -0.3 is 18.3 Å². The Kier molecular flexibility index (Phi) is 11.0. The SMILES string of the molecule is N#Cc1c(-n2c3ccccc3c3cc(C(F)(F)F)ccc32)c(-n2c3ccccc3c3ccc4c5ccccc5n(-c5ccccc5)c4c32)nc(-n2c3ccccc3c3cc(C(F)(F)F)ccc32)c1-n1c2ccccc2c2ccc3c4ccccc4n(-c4ccccc4)c3c21. The van der Waals surface area contributed by atoms with Gasteiger partial charge in [-0.15, -0.1) is 0 Å². The Hall–Kier alpha value is -12.3. The number of hydrogen-bond acceptors (Lipinski definition) is 2. The van der Waals surface area contributed by atoms with E-state index in [1.54, 1.807) is 24.3 Å². The third kappa shape index (κ3) is 7.31. The standard InChI is InChI=1S/C80H44F6N8/c81-79(82,83)46-35-41-69-60(43-46)54-27-11-15-31-65(54)91(69)75-62(45-87)76(93-67-33-17-9-25-52(67)58-39-37-56-50-23-7-13-29-63(50)89(71(56)73(58)93)48-19-3-1-4-20-48)77(92-66-32-16-12-28-55(66)61-44-47(80(84,85)86)36-42-70(61)92)88-78(75)94-68-34-18-10-26-53(68)59-40-38-57-51-24-8-14-30-64(51)90(72(57)74(59)94)49-21-5-2-6-22-49/h1-44H. The first-order valence-corrected chi connectivity index (χ1v) is 30.7. The van der Waals surface area contributed by atoms with Crippen LogP contribution in [0.5, 0.6) is 0 Å². The number of hydrogen-bond donors (Lipinski definition) is 0.